The van der Waals surface area contributed by atoms with Crippen LogP contribution in [0.2, 0.25) is 0 Å². The summed E-state index contributed by atoms with van der Waals surface area (Å²) in [5.41, 5.74) is 1.61. The Balaban J connectivity index is 1.62. The highest BCUT2D eigenvalue weighted by Crippen LogP contribution is 2.34. The molecule has 0 radical (unpaired) electrons. The molecule has 1 saturated carbocycles. The second-order valence-corrected chi connectivity index (χ2v) is 6.85. The summed E-state index contributed by atoms with van der Waals surface area (Å²) in [5, 5.41) is 9.75. The largest absolute Gasteiger partial charge is 0.393 e. The van der Waals surface area contributed by atoms with Crippen molar-refractivity contribution in [3.05, 3.63) is 11.6 Å². The van der Waals surface area contributed by atoms with E-state index in [0.717, 1.165) is 18.3 Å². The van der Waals surface area contributed by atoms with Gasteiger partial charge in [-0.15, -0.1) is 0 Å². The van der Waals surface area contributed by atoms with E-state index in [2.05, 4.69) is 19.9 Å². The van der Waals surface area contributed by atoms with Crippen molar-refractivity contribution in [1.82, 2.24) is 0 Å². The lowest BCUT2D eigenvalue weighted by Gasteiger charge is -2.31. The molecule has 2 aliphatic rings. The maximum absolute atomic E-state index is 9.75. The monoisotopic (exact) mass is 250 g/mol. The predicted octanol–water partition coefficient (Wildman–Crippen LogP) is 4.70. The average Bonchev–Trinajstić information content (AvgIpc) is 2.34. The Labute approximate surface area is 113 Å². The highest BCUT2D eigenvalue weighted by atomic mass is 16.3. The van der Waals surface area contributed by atoms with Crippen molar-refractivity contribution in [1.29, 1.82) is 0 Å². The van der Waals surface area contributed by atoms with E-state index in [1.165, 1.54) is 51.4 Å². The quantitative estimate of drug-likeness (QED) is 0.717. The zero-order chi connectivity index (χ0) is 13.0. The van der Waals surface area contributed by atoms with Crippen molar-refractivity contribution < 1.29 is 5.11 Å². The molecule has 0 aliphatic heterocycles. The van der Waals surface area contributed by atoms with E-state index in [0.29, 0.717) is 5.92 Å². The molecule has 1 fully saturated rings. The van der Waals surface area contributed by atoms with E-state index in [1.54, 1.807) is 5.57 Å². The van der Waals surface area contributed by atoms with E-state index >= 15 is 0 Å². The molecular formula is C17H30O. The first kappa shape index (κ1) is 14.1. The van der Waals surface area contributed by atoms with E-state index < -0.39 is 0 Å². The summed E-state index contributed by atoms with van der Waals surface area (Å²) in [6, 6.07) is 0. The number of hydrogen-bond donors (Lipinski definition) is 1. The Morgan fingerprint density at radius 2 is 1.94 bits per heavy atom. The smallest absolute Gasteiger partial charge is 0.0566 e. The minimum absolute atomic E-state index is 0.0209. The van der Waals surface area contributed by atoms with Gasteiger partial charge in [0.15, 0.2) is 0 Å². The van der Waals surface area contributed by atoms with E-state index in [1.807, 2.05) is 0 Å². The van der Waals surface area contributed by atoms with Crippen molar-refractivity contribution in [3.8, 4) is 0 Å². The first-order chi connectivity index (χ1) is 8.65. The van der Waals surface area contributed by atoms with E-state index in [9.17, 15) is 5.11 Å². The van der Waals surface area contributed by atoms with Crippen LogP contribution < -0.4 is 0 Å². The van der Waals surface area contributed by atoms with Gasteiger partial charge >= 0.3 is 0 Å². The molecule has 1 nitrogen and oxygen atoms in total. The molecule has 1 N–H and O–H groups in total. The maximum atomic E-state index is 9.75. The van der Waals surface area contributed by atoms with Gasteiger partial charge in [-0.25, -0.2) is 0 Å². The fourth-order valence-electron chi connectivity index (χ4n) is 3.90. The van der Waals surface area contributed by atoms with Crippen LogP contribution in [0.4, 0.5) is 0 Å². The molecule has 0 aromatic carbocycles. The lowest BCUT2D eigenvalue weighted by atomic mass is 9.77. The zero-order valence-corrected chi connectivity index (χ0v) is 12.2. The molecule has 104 valence electrons. The molecule has 0 saturated heterocycles. The van der Waals surface area contributed by atoms with Gasteiger partial charge in [0.2, 0.25) is 0 Å². The molecule has 2 aliphatic carbocycles. The van der Waals surface area contributed by atoms with Crippen molar-refractivity contribution in [3.63, 3.8) is 0 Å². The van der Waals surface area contributed by atoms with Crippen LogP contribution in [0.25, 0.3) is 0 Å². The third-order valence-electron chi connectivity index (χ3n) is 5.14. The van der Waals surface area contributed by atoms with Crippen LogP contribution in [0.1, 0.15) is 71.6 Å². The lowest BCUT2D eigenvalue weighted by molar-refractivity contribution is 0.0545. The summed E-state index contributed by atoms with van der Waals surface area (Å²) >= 11 is 0. The molecule has 18 heavy (non-hydrogen) atoms. The molecule has 0 aromatic rings. The van der Waals surface area contributed by atoms with Gasteiger partial charge in [0.25, 0.3) is 0 Å². The van der Waals surface area contributed by atoms with Crippen LogP contribution in [0.15, 0.2) is 11.6 Å². The predicted molar refractivity (Wildman–Crippen MR) is 77.5 cm³/mol. The molecule has 4 unspecified atom stereocenters. The third kappa shape index (κ3) is 4.12. The SMILES string of the molecule is CC1=CCCC(CCCC2CCC(O)C(C)C2)C1. The summed E-state index contributed by atoms with van der Waals surface area (Å²) in [6.07, 6.45) is 14.3. The molecule has 0 bridgehead atoms. The molecule has 0 spiro atoms. The summed E-state index contributed by atoms with van der Waals surface area (Å²) in [4.78, 5) is 0. The fraction of sp³-hybridized carbons (Fsp3) is 0.882. The number of aliphatic hydroxyl groups is 1. The van der Waals surface area contributed by atoms with Crippen LogP contribution >= 0.6 is 0 Å². The highest BCUT2D eigenvalue weighted by molar-refractivity contribution is 5.03. The van der Waals surface area contributed by atoms with Gasteiger partial charge in [0.05, 0.1) is 6.10 Å². The second kappa shape index (κ2) is 6.75. The van der Waals surface area contributed by atoms with Crippen molar-refractivity contribution in [2.24, 2.45) is 17.8 Å². The Bertz CT molecular complexity index is 281. The molecular weight excluding hydrogens is 220 g/mol. The van der Waals surface area contributed by atoms with Gasteiger partial charge in [0, 0.05) is 0 Å². The van der Waals surface area contributed by atoms with Gasteiger partial charge < -0.3 is 5.11 Å². The molecule has 0 amide bonds. The molecule has 0 aromatic heterocycles. The lowest BCUT2D eigenvalue weighted by Crippen LogP contribution is -2.27. The normalized spacial score (nSPS) is 37.4. The Morgan fingerprint density at radius 1 is 1.17 bits per heavy atom. The van der Waals surface area contributed by atoms with Crippen LogP contribution in [0, 0.1) is 17.8 Å². The summed E-state index contributed by atoms with van der Waals surface area (Å²) in [5.74, 6) is 2.38. The average molecular weight is 250 g/mol. The second-order valence-electron chi connectivity index (χ2n) is 6.85. The number of rotatable bonds is 4. The number of aliphatic hydroxyl groups excluding tert-OH is 1. The summed E-state index contributed by atoms with van der Waals surface area (Å²) in [7, 11) is 0. The topological polar surface area (TPSA) is 20.2 Å². The van der Waals surface area contributed by atoms with Gasteiger partial charge in [-0.2, -0.15) is 0 Å². The Hall–Kier alpha value is -0.300. The third-order valence-corrected chi connectivity index (χ3v) is 5.14. The minimum Gasteiger partial charge on any atom is -0.393 e. The van der Waals surface area contributed by atoms with Gasteiger partial charge in [-0.05, 0) is 63.2 Å². The van der Waals surface area contributed by atoms with Crippen molar-refractivity contribution >= 4 is 0 Å². The van der Waals surface area contributed by atoms with E-state index in [-0.39, 0.29) is 6.10 Å². The summed E-state index contributed by atoms with van der Waals surface area (Å²) in [6.45, 7) is 4.50. The summed E-state index contributed by atoms with van der Waals surface area (Å²) < 4.78 is 0. The zero-order valence-electron chi connectivity index (χ0n) is 12.2. The molecule has 2 rings (SSSR count). The van der Waals surface area contributed by atoms with Crippen LogP contribution in [0.5, 0.6) is 0 Å². The van der Waals surface area contributed by atoms with Crippen LogP contribution in [0.3, 0.4) is 0 Å². The fourth-order valence-corrected chi connectivity index (χ4v) is 3.90. The van der Waals surface area contributed by atoms with Gasteiger partial charge in [-0.1, -0.05) is 37.8 Å². The number of hydrogen-bond acceptors (Lipinski definition) is 1. The number of allylic oxidation sites excluding steroid dienone is 2. The standard InChI is InChI=1S/C17H30O/c1-13-5-3-6-15(11-13)7-4-8-16-9-10-17(18)14(2)12-16/h5,14-18H,3-4,6-12H2,1-2H3. The molecule has 4 atom stereocenters. The molecule has 1 heteroatoms. The van der Waals surface area contributed by atoms with Gasteiger partial charge in [-0.3, -0.25) is 0 Å². The van der Waals surface area contributed by atoms with Crippen LogP contribution in [-0.4, -0.2) is 11.2 Å². The van der Waals surface area contributed by atoms with Crippen molar-refractivity contribution in [2.75, 3.05) is 0 Å². The Morgan fingerprint density at radius 3 is 2.67 bits per heavy atom. The van der Waals surface area contributed by atoms with E-state index in [4.69, 9.17) is 0 Å². The first-order valence-corrected chi connectivity index (χ1v) is 7.99. The Kier molecular flexibility index (Phi) is 5.29. The maximum Gasteiger partial charge on any atom is 0.0566 e. The molecule has 0 heterocycles. The van der Waals surface area contributed by atoms with Crippen LogP contribution in [-0.2, 0) is 0 Å². The van der Waals surface area contributed by atoms with Crippen molar-refractivity contribution in [2.45, 2.75) is 77.7 Å². The first-order valence-electron chi connectivity index (χ1n) is 7.99. The highest BCUT2D eigenvalue weighted by Gasteiger charge is 2.25. The minimum atomic E-state index is -0.0209. The van der Waals surface area contributed by atoms with Gasteiger partial charge in [0.1, 0.15) is 0 Å².